The lowest BCUT2D eigenvalue weighted by Gasteiger charge is -2.12. The van der Waals surface area contributed by atoms with Crippen LogP contribution in [0.4, 0.5) is 5.69 Å². The topological polar surface area (TPSA) is 96.2 Å². The van der Waals surface area contributed by atoms with E-state index in [9.17, 15) is 9.59 Å². The van der Waals surface area contributed by atoms with Gasteiger partial charge in [0.25, 0.3) is 0 Å². The van der Waals surface area contributed by atoms with Gasteiger partial charge >= 0.3 is 0 Å². The molecule has 124 valence electrons. The van der Waals surface area contributed by atoms with Gasteiger partial charge in [0.1, 0.15) is 6.04 Å². The number of carbonyl (C=O) groups excluding carboxylic acids is 2. The molecule has 1 fully saturated rings. The van der Waals surface area contributed by atoms with E-state index in [0.717, 1.165) is 5.56 Å². The zero-order chi connectivity index (χ0) is 17.1. The highest BCUT2D eigenvalue weighted by molar-refractivity contribution is 6.31. The Morgan fingerprint density at radius 3 is 2.67 bits per heavy atom. The number of hydrazine groups is 1. The fourth-order valence-electron chi connectivity index (χ4n) is 2.67. The van der Waals surface area contributed by atoms with Crippen molar-refractivity contribution in [1.29, 1.82) is 0 Å². The highest BCUT2D eigenvalue weighted by Crippen LogP contribution is 2.28. The molecule has 1 saturated heterocycles. The molecule has 6 nitrogen and oxygen atoms in total. The first kappa shape index (κ1) is 16.4. The maximum Gasteiger partial charge on any atom is 0.248 e. The standard InChI is InChI=1S/C17H17ClN4O2/c18-13-7-2-1-6-12(13)14-9-15(22-21-14)17(24)20-11-5-3-4-10(8-11)16(19)23/h1-8,14-15,21-22H,9H2,(H2,19,23)(H,20,24). The molecule has 0 radical (unpaired) electrons. The lowest BCUT2D eigenvalue weighted by atomic mass is 10.0. The minimum Gasteiger partial charge on any atom is -0.366 e. The van der Waals surface area contributed by atoms with Gasteiger partial charge in [0.15, 0.2) is 0 Å². The summed E-state index contributed by atoms with van der Waals surface area (Å²) in [6.07, 6.45) is 0.561. The fraction of sp³-hybridized carbons (Fsp3) is 0.176. The molecule has 0 saturated carbocycles. The maximum atomic E-state index is 12.4. The smallest absolute Gasteiger partial charge is 0.248 e. The van der Waals surface area contributed by atoms with E-state index in [-0.39, 0.29) is 11.9 Å². The summed E-state index contributed by atoms with van der Waals surface area (Å²) >= 11 is 6.20. The van der Waals surface area contributed by atoms with Gasteiger partial charge in [-0.3, -0.25) is 9.59 Å². The Kier molecular flexibility index (Phi) is 4.80. The minimum atomic E-state index is -0.537. The summed E-state index contributed by atoms with van der Waals surface area (Å²) in [6.45, 7) is 0. The molecule has 24 heavy (non-hydrogen) atoms. The van der Waals surface area contributed by atoms with Crippen LogP contribution in [0.3, 0.4) is 0 Å². The average Bonchev–Trinajstić information content (AvgIpc) is 3.05. The first-order valence-electron chi connectivity index (χ1n) is 7.51. The van der Waals surface area contributed by atoms with Gasteiger partial charge < -0.3 is 11.1 Å². The van der Waals surface area contributed by atoms with Gasteiger partial charge in [-0.05, 0) is 36.2 Å². The molecule has 0 spiro atoms. The molecule has 1 aliphatic heterocycles. The van der Waals surface area contributed by atoms with E-state index >= 15 is 0 Å². The summed E-state index contributed by atoms with van der Waals surface area (Å²) in [5.41, 5.74) is 13.1. The van der Waals surface area contributed by atoms with E-state index in [1.165, 1.54) is 0 Å². The molecule has 5 N–H and O–H groups in total. The quantitative estimate of drug-likeness (QED) is 0.682. The Labute approximate surface area is 144 Å². The van der Waals surface area contributed by atoms with Crippen LogP contribution in [0.25, 0.3) is 0 Å². The zero-order valence-electron chi connectivity index (χ0n) is 12.8. The van der Waals surface area contributed by atoms with Gasteiger partial charge in [-0.25, -0.2) is 10.9 Å². The van der Waals surface area contributed by atoms with Crippen molar-refractivity contribution in [2.45, 2.75) is 18.5 Å². The first-order chi connectivity index (χ1) is 11.5. The van der Waals surface area contributed by atoms with Crippen LogP contribution in [0.1, 0.15) is 28.4 Å². The third-order valence-electron chi connectivity index (χ3n) is 3.91. The first-order valence-corrected chi connectivity index (χ1v) is 7.88. The number of primary amides is 1. The maximum absolute atomic E-state index is 12.4. The Balaban J connectivity index is 1.66. The lowest BCUT2D eigenvalue weighted by Crippen LogP contribution is -2.39. The summed E-state index contributed by atoms with van der Waals surface area (Å²) in [6, 6.07) is 13.6. The van der Waals surface area contributed by atoms with Gasteiger partial charge in [-0.1, -0.05) is 35.9 Å². The zero-order valence-corrected chi connectivity index (χ0v) is 13.5. The Hall–Kier alpha value is -2.41. The predicted molar refractivity (Wildman–Crippen MR) is 92.5 cm³/mol. The predicted octanol–water partition coefficient (Wildman–Crippen LogP) is 1.99. The number of nitrogens with two attached hydrogens (primary N) is 1. The number of nitrogens with one attached hydrogen (secondary N) is 3. The number of amides is 2. The van der Waals surface area contributed by atoms with Crippen LogP contribution in [-0.2, 0) is 4.79 Å². The number of benzene rings is 2. The Morgan fingerprint density at radius 1 is 1.12 bits per heavy atom. The normalized spacial score (nSPS) is 19.9. The van der Waals surface area contributed by atoms with Crippen molar-refractivity contribution < 1.29 is 9.59 Å². The second-order valence-electron chi connectivity index (χ2n) is 5.59. The van der Waals surface area contributed by atoms with Crippen molar-refractivity contribution in [2.75, 3.05) is 5.32 Å². The average molecular weight is 345 g/mol. The second kappa shape index (κ2) is 7.00. The molecule has 2 amide bonds. The molecule has 2 unspecified atom stereocenters. The summed E-state index contributed by atoms with van der Waals surface area (Å²) in [5.74, 6) is -0.732. The van der Waals surface area contributed by atoms with E-state index in [4.69, 9.17) is 17.3 Å². The molecular weight excluding hydrogens is 328 g/mol. The van der Waals surface area contributed by atoms with Crippen molar-refractivity contribution in [3.8, 4) is 0 Å². The largest absolute Gasteiger partial charge is 0.366 e. The summed E-state index contributed by atoms with van der Waals surface area (Å²) in [4.78, 5) is 23.6. The number of hydrogen-bond acceptors (Lipinski definition) is 4. The van der Waals surface area contributed by atoms with Crippen molar-refractivity contribution >= 4 is 29.1 Å². The lowest BCUT2D eigenvalue weighted by molar-refractivity contribution is -0.117. The monoisotopic (exact) mass is 344 g/mol. The van der Waals surface area contributed by atoms with E-state index in [0.29, 0.717) is 22.7 Å². The number of anilines is 1. The van der Waals surface area contributed by atoms with Crippen LogP contribution in [0.5, 0.6) is 0 Å². The van der Waals surface area contributed by atoms with Crippen molar-refractivity contribution in [3.05, 3.63) is 64.7 Å². The molecule has 3 rings (SSSR count). The molecule has 1 aliphatic rings. The highest BCUT2D eigenvalue weighted by atomic mass is 35.5. The Morgan fingerprint density at radius 2 is 1.92 bits per heavy atom. The van der Waals surface area contributed by atoms with E-state index in [1.807, 2.05) is 24.3 Å². The summed E-state index contributed by atoms with van der Waals surface area (Å²) < 4.78 is 0. The SMILES string of the molecule is NC(=O)c1cccc(NC(=O)C2CC(c3ccccc3Cl)NN2)c1. The van der Waals surface area contributed by atoms with Crippen LogP contribution in [0.15, 0.2) is 48.5 Å². The van der Waals surface area contributed by atoms with Crippen LogP contribution in [-0.4, -0.2) is 17.9 Å². The molecule has 0 aromatic heterocycles. The van der Waals surface area contributed by atoms with Crippen molar-refractivity contribution in [3.63, 3.8) is 0 Å². The fourth-order valence-corrected chi connectivity index (χ4v) is 2.94. The number of halogens is 1. The molecule has 7 heteroatoms. The third kappa shape index (κ3) is 3.56. The van der Waals surface area contributed by atoms with Gasteiger partial charge in [0.2, 0.25) is 11.8 Å². The second-order valence-corrected chi connectivity index (χ2v) is 5.99. The molecule has 1 heterocycles. The molecule has 2 aromatic rings. The van der Waals surface area contributed by atoms with Crippen LogP contribution >= 0.6 is 11.6 Å². The molecule has 2 aromatic carbocycles. The van der Waals surface area contributed by atoms with E-state index < -0.39 is 11.9 Å². The van der Waals surface area contributed by atoms with Crippen LogP contribution in [0, 0.1) is 0 Å². The van der Waals surface area contributed by atoms with E-state index in [1.54, 1.807) is 24.3 Å². The van der Waals surface area contributed by atoms with Crippen LogP contribution in [0.2, 0.25) is 5.02 Å². The van der Waals surface area contributed by atoms with Gasteiger partial charge in [-0.15, -0.1) is 0 Å². The summed E-state index contributed by atoms with van der Waals surface area (Å²) in [5, 5.41) is 3.44. The minimum absolute atomic E-state index is 0.0496. The molecular formula is C17H17ClN4O2. The van der Waals surface area contributed by atoms with Crippen molar-refractivity contribution in [1.82, 2.24) is 10.9 Å². The Bertz CT molecular complexity index is 781. The summed E-state index contributed by atoms with van der Waals surface area (Å²) in [7, 11) is 0. The highest BCUT2D eigenvalue weighted by Gasteiger charge is 2.31. The van der Waals surface area contributed by atoms with Gasteiger partial charge in [0, 0.05) is 22.3 Å². The number of hydrogen-bond donors (Lipinski definition) is 4. The third-order valence-corrected chi connectivity index (χ3v) is 4.26. The van der Waals surface area contributed by atoms with E-state index in [2.05, 4.69) is 16.2 Å². The number of carbonyl (C=O) groups is 2. The van der Waals surface area contributed by atoms with Crippen molar-refractivity contribution in [2.24, 2.45) is 5.73 Å². The number of rotatable bonds is 4. The molecule has 0 bridgehead atoms. The molecule has 2 atom stereocenters. The van der Waals surface area contributed by atoms with Gasteiger partial charge in [-0.2, -0.15) is 0 Å². The van der Waals surface area contributed by atoms with Gasteiger partial charge in [0.05, 0.1) is 0 Å². The molecule has 0 aliphatic carbocycles. The van der Waals surface area contributed by atoms with Crippen LogP contribution < -0.4 is 21.9 Å².